The topological polar surface area (TPSA) is 48.1 Å². The van der Waals surface area contributed by atoms with E-state index < -0.39 is 0 Å². The van der Waals surface area contributed by atoms with Crippen molar-refractivity contribution in [2.45, 2.75) is 10.9 Å². The molecule has 0 aliphatic carbocycles. The Hall–Kier alpha value is -1.52. The van der Waals surface area contributed by atoms with Crippen molar-refractivity contribution in [1.29, 1.82) is 0 Å². The van der Waals surface area contributed by atoms with Crippen LogP contribution in [0.1, 0.15) is 17.2 Å². The smallest absolute Gasteiger partial charge is 0.137 e. The molecule has 0 saturated heterocycles. The van der Waals surface area contributed by atoms with Gasteiger partial charge in [0.05, 0.1) is 19.3 Å². The molecule has 1 heterocycles. The number of methoxy groups -OCH3 is 1. The SMILES string of the molecule is COc1cncc(C(N)c2ccccc2SC)c1. The molecule has 2 rings (SSSR count). The van der Waals surface area contributed by atoms with Gasteiger partial charge in [-0.05, 0) is 29.5 Å². The van der Waals surface area contributed by atoms with Crippen LogP contribution in [0.25, 0.3) is 0 Å². The molecule has 2 N–H and O–H groups in total. The van der Waals surface area contributed by atoms with E-state index in [0.29, 0.717) is 0 Å². The first-order chi connectivity index (χ1) is 8.76. The van der Waals surface area contributed by atoms with Crippen molar-refractivity contribution >= 4 is 11.8 Å². The number of aromatic nitrogens is 1. The van der Waals surface area contributed by atoms with Crippen LogP contribution in [0.4, 0.5) is 0 Å². The van der Waals surface area contributed by atoms with Crippen molar-refractivity contribution in [3.8, 4) is 5.75 Å². The summed E-state index contributed by atoms with van der Waals surface area (Å²) < 4.78 is 5.17. The summed E-state index contributed by atoms with van der Waals surface area (Å²) in [6.07, 6.45) is 5.51. The Balaban J connectivity index is 2.37. The van der Waals surface area contributed by atoms with Crippen LogP contribution in [0.3, 0.4) is 0 Å². The highest BCUT2D eigenvalue weighted by atomic mass is 32.2. The van der Waals surface area contributed by atoms with Crippen LogP contribution in [0, 0.1) is 0 Å². The van der Waals surface area contributed by atoms with Gasteiger partial charge in [0, 0.05) is 11.1 Å². The molecule has 0 aliphatic rings. The van der Waals surface area contributed by atoms with Crippen LogP contribution < -0.4 is 10.5 Å². The molecule has 1 aromatic heterocycles. The second-order valence-electron chi connectivity index (χ2n) is 3.88. The van der Waals surface area contributed by atoms with Gasteiger partial charge >= 0.3 is 0 Å². The summed E-state index contributed by atoms with van der Waals surface area (Å²) in [5, 5.41) is 0. The Labute approximate surface area is 111 Å². The molecule has 0 aliphatic heterocycles. The lowest BCUT2D eigenvalue weighted by Crippen LogP contribution is -2.13. The summed E-state index contributed by atoms with van der Waals surface area (Å²) in [5.74, 6) is 0.726. The molecule has 94 valence electrons. The second-order valence-corrected chi connectivity index (χ2v) is 4.73. The molecular formula is C14H16N2OS. The van der Waals surface area contributed by atoms with E-state index in [9.17, 15) is 0 Å². The van der Waals surface area contributed by atoms with Gasteiger partial charge in [-0.1, -0.05) is 18.2 Å². The van der Waals surface area contributed by atoms with Crippen LogP contribution in [0.2, 0.25) is 0 Å². The first-order valence-electron chi connectivity index (χ1n) is 5.63. The van der Waals surface area contributed by atoms with Crippen LogP contribution >= 0.6 is 11.8 Å². The molecule has 4 heteroatoms. The van der Waals surface area contributed by atoms with E-state index in [-0.39, 0.29) is 6.04 Å². The minimum atomic E-state index is -0.184. The minimum Gasteiger partial charge on any atom is -0.495 e. The Morgan fingerprint density at radius 3 is 2.78 bits per heavy atom. The van der Waals surface area contributed by atoms with Gasteiger partial charge in [0.15, 0.2) is 0 Å². The number of nitrogens with zero attached hydrogens (tertiary/aromatic N) is 1. The van der Waals surface area contributed by atoms with E-state index in [1.807, 2.05) is 18.2 Å². The van der Waals surface area contributed by atoms with E-state index in [1.54, 1.807) is 31.3 Å². The maximum Gasteiger partial charge on any atom is 0.137 e. The highest BCUT2D eigenvalue weighted by Crippen LogP contribution is 2.29. The van der Waals surface area contributed by atoms with Gasteiger partial charge in [-0.3, -0.25) is 4.98 Å². The Morgan fingerprint density at radius 1 is 1.28 bits per heavy atom. The molecule has 3 nitrogen and oxygen atoms in total. The number of hydrogen-bond donors (Lipinski definition) is 1. The number of benzene rings is 1. The Bertz CT molecular complexity index is 531. The number of thioether (sulfide) groups is 1. The van der Waals surface area contributed by atoms with Crippen LogP contribution in [-0.2, 0) is 0 Å². The fraction of sp³-hybridized carbons (Fsp3) is 0.214. The number of nitrogens with two attached hydrogens (primary N) is 1. The molecule has 0 radical (unpaired) electrons. The molecule has 2 aromatic rings. The molecule has 0 bridgehead atoms. The first-order valence-corrected chi connectivity index (χ1v) is 6.86. The van der Waals surface area contributed by atoms with Gasteiger partial charge in [-0.25, -0.2) is 0 Å². The van der Waals surface area contributed by atoms with Gasteiger partial charge < -0.3 is 10.5 Å². The average molecular weight is 260 g/mol. The predicted molar refractivity (Wildman–Crippen MR) is 75.0 cm³/mol. The van der Waals surface area contributed by atoms with Gasteiger partial charge in [0.2, 0.25) is 0 Å². The van der Waals surface area contributed by atoms with Crippen molar-refractivity contribution in [3.05, 3.63) is 53.9 Å². The Morgan fingerprint density at radius 2 is 2.06 bits per heavy atom. The van der Waals surface area contributed by atoms with E-state index in [1.165, 1.54) is 4.90 Å². The highest BCUT2D eigenvalue weighted by molar-refractivity contribution is 7.98. The lowest BCUT2D eigenvalue weighted by Gasteiger charge is -2.16. The average Bonchev–Trinajstić information content (AvgIpc) is 2.46. The molecule has 1 atom stereocenters. The fourth-order valence-electron chi connectivity index (χ4n) is 1.82. The van der Waals surface area contributed by atoms with Gasteiger partial charge in [0.25, 0.3) is 0 Å². The van der Waals surface area contributed by atoms with Crippen molar-refractivity contribution < 1.29 is 4.74 Å². The summed E-state index contributed by atoms with van der Waals surface area (Å²) >= 11 is 1.70. The molecule has 0 amide bonds. The molecule has 0 fully saturated rings. The van der Waals surface area contributed by atoms with Gasteiger partial charge in [0.1, 0.15) is 5.75 Å². The van der Waals surface area contributed by atoms with Crippen molar-refractivity contribution in [1.82, 2.24) is 4.98 Å². The summed E-state index contributed by atoms with van der Waals surface area (Å²) in [5.41, 5.74) is 8.37. The maximum absolute atomic E-state index is 6.31. The van der Waals surface area contributed by atoms with Crippen molar-refractivity contribution in [3.63, 3.8) is 0 Å². The largest absolute Gasteiger partial charge is 0.495 e. The fourth-order valence-corrected chi connectivity index (χ4v) is 2.47. The third-order valence-corrected chi connectivity index (χ3v) is 3.61. The van der Waals surface area contributed by atoms with Crippen LogP contribution in [-0.4, -0.2) is 18.3 Å². The zero-order chi connectivity index (χ0) is 13.0. The third kappa shape index (κ3) is 2.66. The number of pyridine rings is 1. The van der Waals surface area contributed by atoms with Crippen molar-refractivity contribution in [2.24, 2.45) is 5.73 Å². The molecule has 1 aromatic carbocycles. The van der Waals surface area contributed by atoms with Crippen LogP contribution in [0.15, 0.2) is 47.6 Å². The molecule has 1 unspecified atom stereocenters. The quantitative estimate of drug-likeness (QED) is 0.859. The molecule has 18 heavy (non-hydrogen) atoms. The number of ether oxygens (including phenoxy) is 1. The van der Waals surface area contributed by atoms with E-state index in [2.05, 4.69) is 23.4 Å². The maximum atomic E-state index is 6.31. The zero-order valence-electron chi connectivity index (χ0n) is 10.5. The van der Waals surface area contributed by atoms with Gasteiger partial charge in [-0.15, -0.1) is 11.8 Å². The summed E-state index contributed by atoms with van der Waals surface area (Å²) in [6.45, 7) is 0. The number of rotatable bonds is 4. The summed E-state index contributed by atoms with van der Waals surface area (Å²) in [6, 6.07) is 9.89. The monoisotopic (exact) mass is 260 g/mol. The lowest BCUT2D eigenvalue weighted by molar-refractivity contribution is 0.412. The lowest BCUT2D eigenvalue weighted by atomic mass is 10.0. The molecular weight excluding hydrogens is 244 g/mol. The normalized spacial score (nSPS) is 12.2. The standard InChI is InChI=1S/C14H16N2OS/c1-17-11-7-10(8-16-9-11)14(15)12-5-3-4-6-13(12)18-2/h3-9,14H,15H2,1-2H3. The molecule has 0 saturated carbocycles. The summed E-state index contributed by atoms with van der Waals surface area (Å²) in [4.78, 5) is 5.33. The van der Waals surface area contributed by atoms with Gasteiger partial charge in [-0.2, -0.15) is 0 Å². The third-order valence-electron chi connectivity index (χ3n) is 2.80. The summed E-state index contributed by atoms with van der Waals surface area (Å²) in [7, 11) is 1.63. The minimum absolute atomic E-state index is 0.184. The van der Waals surface area contributed by atoms with E-state index in [4.69, 9.17) is 10.5 Å². The van der Waals surface area contributed by atoms with E-state index in [0.717, 1.165) is 16.9 Å². The van der Waals surface area contributed by atoms with E-state index >= 15 is 0 Å². The predicted octanol–water partition coefficient (Wildman–Crippen LogP) is 2.86. The molecule has 0 spiro atoms. The number of hydrogen-bond acceptors (Lipinski definition) is 4. The first kappa shape index (κ1) is 12.9. The zero-order valence-corrected chi connectivity index (χ0v) is 11.3. The Kier molecular flexibility index (Phi) is 4.23. The second kappa shape index (κ2) is 5.89. The van der Waals surface area contributed by atoms with Crippen molar-refractivity contribution in [2.75, 3.05) is 13.4 Å². The highest BCUT2D eigenvalue weighted by Gasteiger charge is 2.13. The van der Waals surface area contributed by atoms with Crippen LogP contribution in [0.5, 0.6) is 5.75 Å².